The van der Waals surface area contributed by atoms with Crippen LogP contribution in [0.25, 0.3) is 0 Å². The third-order valence-corrected chi connectivity index (χ3v) is 4.69. The van der Waals surface area contributed by atoms with Gasteiger partial charge in [0.1, 0.15) is 5.82 Å². The van der Waals surface area contributed by atoms with E-state index in [0.717, 1.165) is 0 Å². The van der Waals surface area contributed by atoms with Crippen molar-refractivity contribution in [2.24, 2.45) is 5.92 Å². The molecule has 1 saturated carbocycles. The molecule has 0 spiro atoms. The number of carbonyl (C=O) groups is 3. The number of anilines is 1. The maximum Gasteiger partial charge on any atom is 0.307 e. The van der Waals surface area contributed by atoms with E-state index in [4.69, 9.17) is 0 Å². The molecule has 1 aliphatic carbocycles. The van der Waals surface area contributed by atoms with Crippen LogP contribution in [0.4, 0.5) is 10.1 Å². The normalized spacial score (nSPS) is 17.5. The minimum atomic E-state index is -0.396. The van der Waals surface area contributed by atoms with Crippen LogP contribution in [0.2, 0.25) is 0 Å². The third kappa shape index (κ3) is 4.73. The van der Waals surface area contributed by atoms with Gasteiger partial charge in [0.05, 0.1) is 13.5 Å². The number of rotatable bonds is 7. The lowest BCUT2D eigenvalue weighted by Gasteiger charge is -2.08. The second kappa shape index (κ2) is 8.65. The Hall–Kier alpha value is -3.22. The van der Waals surface area contributed by atoms with Crippen molar-refractivity contribution >= 4 is 23.5 Å². The van der Waals surface area contributed by atoms with Crippen LogP contribution in [0, 0.1) is 11.7 Å². The number of amides is 2. The van der Waals surface area contributed by atoms with Crippen LogP contribution < -0.4 is 10.6 Å². The first-order chi connectivity index (χ1) is 13.5. The number of esters is 1. The Morgan fingerprint density at radius 3 is 2.50 bits per heavy atom. The molecule has 2 atom stereocenters. The minimum absolute atomic E-state index is 0.0962. The quantitative estimate of drug-likeness (QED) is 0.719. The van der Waals surface area contributed by atoms with Crippen molar-refractivity contribution in [3.8, 4) is 0 Å². The fourth-order valence-electron chi connectivity index (χ4n) is 3.03. The van der Waals surface area contributed by atoms with E-state index in [0.29, 0.717) is 23.2 Å². The summed E-state index contributed by atoms with van der Waals surface area (Å²) < 4.78 is 18.3. The van der Waals surface area contributed by atoms with Gasteiger partial charge in [0, 0.05) is 23.7 Å². The van der Waals surface area contributed by atoms with E-state index in [9.17, 15) is 18.8 Å². The Morgan fingerprint density at radius 1 is 1.11 bits per heavy atom. The zero-order valence-electron chi connectivity index (χ0n) is 15.4. The summed E-state index contributed by atoms with van der Waals surface area (Å²) in [6.45, 7) is 0.184. The Morgan fingerprint density at radius 2 is 1.82 bits per heavy atom. The smallest absolute Gasteiger partial charge is 0.307 e. The number of halogens is 1. The molecule has 0 aliphatic heterocycles. The summed E-state index contributed by atoms with van der Waals surface area (Å²) in [5.41, 5.74) is 1.55. The average Bonchev–Trinajstić information content (AvgIpc) is 3.49. The molecule has 0 bridgehead atoms. The number of hydrogen-bond acceptors (Lipinski definition) is 4. The zero-order chi connectivity index (χ0) is 20.1. The molecular formula is C21H21FN2O4. The second-order valence-corrected chi connectivity index (χ2v) is 6.62. The number of benzene rings is 2. The topological polar surface area (TPSA) is 84.5 Å². The highest BCUT2D eigenvalue weighted by atomic mass is 19.1. The van der Waals surface area contributed by atoms with Gasteiger partial charge in [-0.25, -0.2) is 4.39 Å². The van der Waals surface area contributed by atoms with E-state index in [-0.39, 0.29) is 42.4 Å². The van der Waals surface area contributed by atoms with Crippen molar-refractivity contribution < 1.29 is 23.5 Å². The van der Waals surface area contributed by atoms with E-state index < -0.39 is 5.97 Å². The number of nitrogens with one attached hydrogen (secondary N) is 2. The first kappa shape index (κ1) is 19.5. The number of hydrogen-bond donors (Lipinski definition) is 2. The summed E-state index contributed by atoms with van der Waals surface area (Å²) in [5, 5.41) is 5.42. The number of carbonyl (C=O) groups excluding carboxylic acids is 3. The molecular weight excluding hydrogens is 363 g/mol. The highest BCUT2D eigenvalue weighted by Crippen LogP contribution is 2.48. The van der Waals surface area contributed by atoms with Crippen molar-refractivity contribution in [1.82, 2.24) is 5.32 Å². The maximum absolute atomic E-state index is 13.8. The summed E-state index contributed by atoms with van der Waals surface area (Å²) in [4.78, 5) is 35.4. The highest BCUT2D eigenvalue weighted by Gasteiger charge is 2.45. The predicted molar refractivity (Wildman–Crippen MR) is 101 cm³/mol. The Kier molecular flexibility index (Phi) is 6.03. The molecule has 2 aromatic carbocycles. The fourth-order valence-corrected chi connectivity index (χ4v) is 3.03. The molecule has 6 nitrogen and oxygen atoms in total. The third-order valence-electron chi connectivity index (χ3n) is 4.69. The molecule has 0 saturated heterocycles. The maximum atomic E-state index is 13.8. The molecule has 2 amide bonds. The van der Waals surface area contributed by atoms with E-state index in [1.54, 1.807) is 42.5 Å². The predicted octanol–water partition coefficient (Wildman–Crippen LogP) is 2.86. The lowest BCUT2D eigenvalue weighted by atomic mass is 10.1. The second-order valence-electron chi connectivity index (χ2n) is 6.62. The molecule has 28 heavy (non-hydrogen) atoms. The van der Waals surface area contributed by atoms with Gasteiger partial charge in [-0.1, -0.05) is 18.2 Å². The molecule has 2 unspecified atom stereocenters. The van der Waals surface area contributed by atoms with Crippen molar-refractivity contribution in [2.45, 2.75) is 18.8 Å². The molecule has 0 aromatic heterocycles. The van der Waals surface area contributed by atoms with Crippen LogP contribution in [-0.4, -0.2) is 31.4 Å². The Bertz CT molecular complexity index is 882. The summed E-state index contributed by atoms with van der Waals surface area (Å²) in [7, 11) is 1.29. The van der Waals surface area contributed by atoms with Gasteiger partial charge in [-0.15, -0.1) is 0 Å². The van der Waals surface area contributed by atoms with Crippen LogP contribution in [-0.2, 0) is 14.3 Å². The fraction of sp³-hybridized carbons (Fsp3) is 0.286. The molecule has 1 aliphatic rings. The summed E-state index contributed by atoms with van der Waals surface area (Å²) >= 11 is 0. The average molecular weight is 384 g/mol. The van der Waals surface area contributed by atoms with Crippen molar-refractivity contribution in [2.75, 3.05) is 19.0 Å². The van der Waals surface area contributed by atoms with Crippen LogP contribution >= 0.6 is 0 Å². The Labute approximate surface area is 162 Å². The van der Waals surface area contributed by atoms with Crippen LogP contribution in [0.15, 0.2) is 48.5 Å². The van der Waals surface area contributed by atoms with Gasteiger partial charge in [0.15, 0.2) is 0 Å². The number of ether oxygens (including phenoxy) is 1. The summed E-state index contributed by atoms with van der Waals surface area (Å²) in [6.07, 6.45) is 0.717. The largest absolute Gasteiger partial charge is 0.469 e. The van der Waals surface area contributed by atoms with Gasteiger partial charge in [-0.05, 0) is 48.2 Å². The van der Waals surface area contributed by atoms with E-state index in [1.165, 1.54) is 13.2 Å². The molecule has 3 rings (SSSR count). The van der Waals surface area contributed by atoms with Gasteiger partial charge in [0.25, 0.3) is 5.91 Å². The van der Waals surface area contributed by atoms with E-state index >= 15 is 0 Å². The SMILES string of the molecule is COC(=O)CCNC(=O)c1ccc(NC(=O)C2CC2c2ccccc2F)cc1. The van der Waals surface area contributed by atoms with Gasteiger partial charge in [-0.3, -0.25) is 14.4 Å². The molecule has 1 fully saturated rings. The summed E-state index contributed by atoms with van der Waals surface area (Å²) in [6, 6.07) is 12.9. The molecule has 0 radical (unpaired) electrons. The minimum Gasteiger partial charge on any atom is -0.469 e. The molecule has 146 valence electrons. The summed E-state index contributed by atoms with van der Waals surface area (Å²) in [5.74, 6) is -1.51. The van der Waals surface area contributed by atoms with E-state index in [1.807, 2.05) is 0 Å². The van der Waals surface area contributed by atoms with Gasteiger partial charge >= 0.3 is 5.97 Å². The molecule has 2 N–H and O–H groups in total. The van der Waals surface area contributed by atoms with Crippen molar-refractivity contribution in [3.05, 3.63) is 65.5 Å². The first-order valence-electron chi connectivity index (χ1n) is 9.00. The van der Waals surface area contributed by atoms with Gasteiger partial charge < -0.3 is 15.4 Å². The van der Waals surface area contributed by atoms with Crippen molar-refractivity contribution in [1.29, 1.82) is 0 Å². The van der Waals surface area contributed by atoms with Crippen LogP contribution in [0.5, 0.6) is 0 Å². The monoisotopic (exact) mass is 384 g/mol. The van der Waals surface area contributed by atoms with Gasteiger partial charge in [0.2, 0.25) is 5.91 Å². The van der Waals surface area contributed by atoms with E-state index in [2.05, 4.69) is 15.4 Å². The molecule has 7 heteroatoms. The standard InChI is InChI=1S/C21H21FN2O4/c1-28-19(25)10-11-23-20(26)13-6-8-14(9-7-13)24-21(27)17-12-16(17)15-4-2-3-5-18(15)22/h2-9,16-17H,10-12H2,1H3,(H,23,26)(H,24,27). The van der Waals surface area contributed by atoms with Crippen LogP contribution in [0.1, 0.15) is 34.7 Å². The highest BCUT2D eigenvalue weighted by molar-refractivity contribution is 5.97. The first-order valence-corrected chi connectivity index (χ1v) is 9.00. The zero-order valence-corrected chi connectivity index (χ0v) is 15.4. The van der Waals surface area contributed by atoms with Crippen molar-refractivity contribution in [3.63, 3.8) is 0 Å². The lowest BCUT2D eigenvalue weighted by molar-refractivity contribution is -0.140. The molecule has 0 heterocycles. The Balaban J connectivity index is 1.50. The van der Waals surface area contributed by atoms with Gasteiger partial charge in [-0.2, -0.15) is 0 Å². The van der Waals surface area contributed by atoms with Crippen LogP contribution in [0.3, 0.4) is 0 Å². The number of methoxy groups -OCH3 is 1. The lowest BCUT2D eigenvalue weighted by Crippen LogP contribution is -2.26. The molecule has 2 aromatic rings.